The number of fused-ring (bicyclic) bond motifs is 2. The molecule has 7 aromatic rings. The lowest BCUT2D eigenvalue weighted by Crippen LogP contribution is -1.96. The quantitative estimate of drug-likeness (QED) is 0.278. The zero-order valence-electron chi connectivity index (χ0n) is 19.4. The lowest BCUT2D eigenvalue weighted by molar-refractivity contribution is 0.305. The van der Waals surface area contributed by atoms with Gasteiger partial charge in [-0.25, -0.2) is 4.98 Å². The Balaban J connectivity index is 1.24. The maximum atomic E-state index is 5.97. The van der Waals surface area contributed by atoms with Crippen molar-refractivity contribution < 1.29 is 4.74 Å². The molecular weight excluding hydrogens is 482 g/mol. The van der Waals surface area contributed by atoms with Gasteiger partial charge in [-0.1, -0.05) is 30.3 Å². The maximum Gasteiger partial charge on any atom is 0.159 e. The molecule has 0 aliphatic carbocycles. The van der Waals surface area contributed by atoms with Crippen LogP contribution in [0.4, 0.5) is 0 Å². The average molecular weight is 502 g/mol. The first-order valence-corrected chi connectivity index (χ1v) is 12.6. The molecule has 0 aliphatic heterocycles. The third kappa shape index (κ3) is 4.01. The summed E-state index contributed by atoms with van der Waals surface area (Å²) in [7, 11) is 0. The first-order chi connectivity index (χ1) is 18.3. The number of rotatable bonds is 6. The molecule has 0 fully saturated rings. The summed E-state index contributed by atoms with van der Waals surface area (Å²) < 4.78 is 5.97. The van der Waals surface area contributed by atoms with E-state index in [1.807, 2.05) is 54.0 Å². The number of ether oxygens (including phenoxy) is 1. The minimum absolute atomic E-state index is 0.471. The van der Waals surface area contributed by atoms with Gasteiger partial charge in [0.1, 0.15) is 23.6 Å². The number of aromatic amines is 2. The summed E-state index contributed by atoms with van der Waals surface area (Å²) in [6, 6.07) is 16.1. The number of H-pyrrole nitrogens is 2. The van der Waals surface area contributed by atoms with Crippen LogP contribution in [0.25, 0.3) is 55.8 Å². The molecule has 178 valence electrons. The van der Waals surface area contributed by atoms with E-state index < -0.39 is 0 Å². The molecular formula is C28H19N7OS. The van der Waals surface area contributed by atoms with Crippen molar-refractivity contribution in [3.05, 3.63) is 95.8 Å². The Labute approximate surface area is 215 Å². The van der Waals surface area contributed by atoms with E-state index in [9.17, 15) is 0 Å². The molecule has 0 aliphatic rings. The van der Waals surface area contributed by atoms with Crippen molar-refractivity contribution in [2.75, 3.05) is 0 Å². The van der Waals surface area contributed by atoms with Crippen molar-refractivity contribution >= 4 is 33.3 Å². The minimum atomic E-state index is 0.471. The van der Waals surface area contributed by atoms with Gasteiger partial charge in [-0.2, -0.15) is 16.4 Å². The summed E-state index contributed by atoms with van der Waals surface area (Å²) in [4.78, 5) is 21.7. The second-order valence-corrected chi connectivity index (χ2v) is 9.33. The van der Waals surface area contributed by atoms with Crippen LogP contribution in [-0.4, -0.2) is 35.1 Å². The zero-order valence-corrected chi connectivity index (χ0v) is 20.2. The van der Waals surface area contributed by atoms with Crippen LogP contribution in [0, 0.1) is 0 Å². The van der Waals surface area contributed by atoms with Crippen molar-refractivity contribution in [1.82, 2.24) is 35.1 Å². The van der Waals surface area contributed by atoms with Gasteiger partial charge in [-0.05, 0) is 40.1 Å². The minimum Gasteiger partial charge on any atom is -0.487 e. The number of pyridine rings is 3. The molecule has 0 radical (unpaired) electrons. The zero-order chi connectivity index (χ0) is 24.6. The van der Waals surface area contributed by atoms with Crippen LogP contribution >= 0.6 is 11.3 Å². The number of thiophene rings is 1. The normalized spacial score (nSPS) is 11.4. The number of hydrogen-bond acceptors (Lipinski definition) is 7. The van der Waals surface area contributed by atoms with Crippen molar-refractivity contribution in [2.45, 2.75) is 6.61 Å². The van der Waals surface area contributed by atoms with Gasteiger partial charge in [-0.15, -0.1) is 0 Å². The van der Waals surface area contributed by atoms with Gasteiger partial charge in [0.25, 0.3) is 0 Å². The first kappa shape index (κ1) is 21.4. The van der Waals surface area contributed by atoms with Crippen LogP contribution in [0.2, 0.25) is 0 Å². The molecule has 9 heteroatoms. The topological polar surface area (TPSA) is 105 Å². The van der Waals surface area contributed by atoms with E-state index in [2.05, 4.69) is 41.6 Å². The van der Waals surface area contributed by atoms with E-state index in [1.54, 1.807) is 36.1 Å². The van der Waals surface area contributed by atoms with Crippen LogP contribution in [-0.2, 0) is 6.61 Å². The van der Waals surface area contributed by atoms with Crippen molar-refractivity contribution in [3.8, 4) is 39.7 Å². The van der Waals surface area contributed by atoms with E-state index in [1.165, 1.54) is 0 Å². The molecule has 37 heavy (non-hydrogen) atoms. The van der Waals surface area contributed by atoms with Crippen LogP contribution in [0.5, 0.6) is 5.75 Å². The predicted molar refractivity (Wildman–Crippen MR) is 144 cm³/mol. The second kappa shape index (κ2) is 8.96. The van der Waals surface area contributed by atoms with Gasteiger partial charge in [-0.3, -0.25) is 20.1 Å². The van der Waals surface area contributed by atoms with Crippen LogP contribution < -0.4 is 4.74 Å². The van der Waals surface area contributed by atoms with Gasteiger partial charge >= 0.3 is 0 Å². The molecule has 7 rings (SSSR count). The van der Waals surface area contributed by atoms with Gasteiger partial charge in [0.05, 0.1) is 35.3 Å². The Morgan fingerprint density at radius 3 is 2.68 bits per heavy atom. The third-order valence-corrected chi connectivity index (χ3v) is 6.84. The molecule has 0 saturated carbocycles. The average Bonchev–Trinajstić information content (AvgIpc) is 3.71. The summed E-state index contributed by atoms with van der Waals surface area (Å²) in [5.41, 5.74) is 8.06. The molecule has 6 heterocycles. The Bertz CT molecular complexity index is 1840. The standard InChI is InChI=1S/C28H19N7OS/c1-2-4-17(5-3-1)15-36-20-8-19(10-29-11-20)23-9-21-24(14-31-23)34-35-27(21)28-32-25-13-30-12-22(26(25)33-28)18-6-7-37-16-18/h1-14,16H,15H2,(H,32,33)(H,34,35). The molecule has 0 atom stereocenters. The lowest BCUT2D eigenvalue weighted by Gasteiger charge is -2.08. The van der Waals surface area contributed by atoms with Crippen LogP contribution in [0.1, 0.15) is 5.56 Å². The number of nitrogens with zero attached hydrogens (tertiary/aromatic N) is 5. The lowest BCUT2D eigenvalue weighted by atomic mass is 10.1. The number of imidazole rings is 1. The van der Waals surface area contributed by atoms with Gasteiger partial charge < -0.3 is 9.72 Å². The fourth-order valence-corrected chi connectivity index (χ4v) is 4.96. The van der Waals surface area contributed by atoms with Gasteiger partial charge in [0.15, 0.2) is 5.82 Å². The highest BCUT2D eigenvalue weighted by Crippen LogP contribution is 2.33. The Hall–Kier alpha value is -4.89. The first-order valence-electron chi connectivity index (χ1n) is 11.6. The summed E-state index contributed by atoms with van der Waals surface area (Å²) >= 11 is 1.65. The number of benzene rings is 1. The third-order valence-electron chi connectivity index (χ3n) is 6.16. The number of hydrogen-bond donors (Lipinski definition) is 2. The summed E-state index contributed by atoms with van der Waals surface area (Å²) in [6.07, 6.45) is 8.90. The number of aromatic nitrogens is 7. The van der Waals surface area contributed by atoms with Crippen LogP contribution in [0.15, 0.2) is 90.3 Å². The molecule has 1 aromatic carbocycles. The van der Waals surface area contributed by atoms with Gasteiger partial charge in [0, 0.05) is 28.9 Å². The predicted octanol–water partition coefficient (Wildman–Crippen LogP) is 6.27. The van der Waals surface area contributed by atoms with E-state index in [-0.39, 0.29) is 0 Å². The molecule has 0 amide bonds. The molecule has 0 bridgehead atoms. The van der Waals surface area contributed by atoms with E-state index in [0.717, 1.165) is 55.6 Å². The smallest absolute Gasteiger partial charge is 0.159 e. The fraction of sp³-hybridized carbons (Fsp3) is 0.0357. The Morgan fingerprint density at radius 1 is 0.865 bits per heavy atom. The van der Waals surface area contributed by atoms with Crippen molar-refractivity contribution in [2.24, 2.45) is 0 Å². The monoisotopic (exact) mass is 501 g/mol. The summed E-state index contributed by atoms with van der Waals surface area (Å²) in [5, 5.41) is 12.7. The second-order valence-electron chi connectivity index (χ2n) is 8.55. The molecule has 8 nitrogen and oxygen atoms in total. The fourth-order valence-electron chi connectivity index (χ4n) is 4.31. The Kier molecular flexibility index (Phi) is 5.18. The highest BCUT2D eigenvalue weighted by Gasteiger charge is 2.17. The van der Waals surface area contributed by atoms with E-state index in [0.29, 0.717) is 18.2 Å². The van der Waals surface area contributed by atoms with E-state index >= 15 is 0 Å². The summed E-state index contributed by atoms with van der Waals surface area (Å²) in [6.45, 7) is 0.471. The van der Waals surface area contributed by atoms with Crippen molar-refractivity contribution in [3.63, 3.8) is 0 Å². The summed E-state index contributed by atoms with van der Waals surface area (Å²) in [5.74, 6) is 1.35. The molecule has 6 aromatic heterocycles. The molecule has 2 N–H and O–H groups in total. The van der Waals surface area contributed by atoms with Crippen molar-refractivity contribution in [1.29, 1.82) is 0 Å². The molecule has 0 spiro atoms. The maximum absolute atomic E-state index is 5.97. The van der Waals surface area contributed by atoms with E-state index in [4.69, 9.17) is 9.72 Å². The Morgan fingerprint density at radius 2 is 1.78 bits per heavy atom. The molecule has 0 unspecified atom stereocenters. The largest absolute Gasteiger partial charge is 0.487 e. The van der Waals surface area contributed by atoms with Gasteiger partial charge in [0.2, 0.25) is 0 Å². The highest BCUT2D eigenvalue weighted by atomic mass is 32.1. The highest BCUT2D eigenvalue weighted by molar-refractivity contribution is 7.08. The molecule has 0 saturated heterocycles. The SMILES string of the molecule is c1ccc(COc2cncc(-c3cc4c(-c5nc6c(-c7ccsc7)cncc6[nH]5)n[nH]c4cn3)c2)cc1. The van der Waals surface area contributed by atoms with Crippen LogP contribution in [0.3, 0.4) is 0 Å². The number of nitrogens with one attached hydrogen (secondary N) is 2.